The molecule has 0 radical (unpaired) electrons. The van der Waals surface area contributed by atoms with Crippen molar-refractivity contribution in [3.63, 3.8) is 0 Å². The zero-order valence-corrected chi connectivity index (χ0v) is 11.5. The van der Waals surface area contributed by atoms with Gasteiger partial charge < -0.3 is 5.11 Å². The number of allylic oxidation sites excluding steroid dienone is 1. The van der Waals surface area contributed by atoms with Crippen LogP contribution in [0.3, 0.4) is 0 Å². The van der Waals surface area contributed by atoms with E-state index in [-0.39, 0.29) is 11.4 Å². The second-order valence-electron chi connectivity index (χ2n) is 4.76. The number of Topliss-reactive ketones (excluding diaryl/α,β-unsaturated/α-hetero) is 1. The third-order valence-electron chi connectivity index (χ3n) is 3.44. The molecular formula is C15H15ClO3. The van der Waals surface area contributed by atoms with Gasteiger partial charge in [-0.2, -0.15) is 0 Å². The molecule has 0 bridgehead atoms. The molecule has 0 saturated heterocycles. The lowest BCUT2D eigenvalue weighted by atomic mass is 9.86. The van der Waals surface area contributed by atoms with Crippen molar-refractivity contribution in [2.24, 2.45) is 0 Å². The number of rotatable bonds is 3. The number of carboxylic acid groups (broad SMARTS) is 1. The molecule has 2 rings (SSSR count). The molecule has 0 spiro atoms. The first kappa shape index (κ1) is 13.8. The number of ketones is 1. The van der Waals surface area contributed by atoms with Crippen LogP contribution in [0.4, 0.5) is 0 Å². The molecule has 0 atom stereocenters. The van der Waals surface area contributed by atoms with E-state index in [9.17, 15) is 14.7 Å². The van der Waals surface area contributed by atoms with E-state index in [1.54, 1.807) is 18.2 Å². The third kappa shape index (κ3) is 2.87. The summed E-state index contributed by atoms with van der Waals surface area (Å²) in [5, 5.41) is 9.68. The molecule has 1 aromatic carbocycles. The molecule has 4 heteroatoms. The maximum Gasteiger partial charge on any atom is 0.331 e. The van der Waals surface area contributed by atoms with E-state index < -0.39 is 5.97 Å². The Morgan fingerprint density at radius 2 is 1.79 bits per heavy atom. The fraction of sp³-hybridized carbons (Fsp3) is 0.333. The van der Waals surface area contributed by atoms with E-state index in [4.69, 9.17) is 11.6 Å². The number of benzene rings is 1. The summed E-state index contributed by atoms with van der Waals surface area (Å²) in [5.41, 5.74) is 2.01. The lowest BCUT2D eigenvalue weighted by molar-refractivity contribution is -0.133. The van der Waals surface area contributed by atoms with E-state index in [2.05, 4.69) is 0 Å². The molecule has 100 valence electrons. The van der Waals surface area contributed by atoms with Gasteiger partial charge in [-0.3, -0.25) is 4.79 Å². The average molecular weight is 279 g/mol. The molecule has 1 aliphatic rings. The number of hydrogen-bond acceptors (Lipinski definition) is 2. The van der Waals surface area contributed by atoms with Gasteiger partial charge in [-0.15, -0.1) is 0 Å². The van der Waals surface area contributed by atoms with Crippen LogP contribution in [-0.2, 0) is 4.79 Å². The second-order valence-corrected chi connectivity index (χ2v) is 5.19. The Bertz CT molecular complexity index is 573. The molecule has 3 nitrogen and oxygen atoms in total. The quantitative estimate of drug-likeness (QED) is 0.856. The Balaban J connectivity index is 2.48. The monoisotopic (exact) mass is 278 g/mol. The largest absolute Gasteiger partial charge is 0.478 e. The molecule has 0 amide bonds. The molecule has 1 N–H and O–H groups in total. The predicted octanol–water partition coefficient (Wildman–Crippen LogP) is 3.79. The molecule has 1 aliphatic carbocycles. The van der Waals surface area contributed by atoms with Crippen molar-refractivity contribution in [2.45, 2.75) is 32.6 Å². The van der Waals surface area contributed by atoms with Gasteiger partial charge in [-0.25, -0.2) is 4.79 Å². The molecule has 0 aromatic heterocycles. The van der Waals surface area contributed by atoms with Gasteiger partial charge >= 0.3 is 5.97 Å². The molecule has 0 fully saturated rings. The van der Waals surface area contributed by atoms with Crippen molar-refractivity contribution in [3.05, 3.63) is 45.5 Å². The van der Waals surface area contributed by atoms with Crippen molar-refractivity contribution < 1.29 is 14.7 Å². The van der Waals surface area contributed by atoms with Crippen molar-refractivity contribution in [3.8, 4) is 0 Å². The van der Waals surface area contributed by atoms with Gasteiger partial charge in [0.25, 0.3) is 0 Å². The number of carbonyl (C=O) groups excluding carboxylic acids is 1. The van der Waals surface area contributed by atoms with E-state index >= 15 is 0 Å². The number of carbonyl (C=O) groups is 2. The number of halogens is 1. The first-order valence-corrected chi connectivity index (χ1v) is 6.64. The maximum absolute atomic E-state index is 12.5. The minimum atomic E-state index is -0.984. The minimum absolute atomic E-state index is 0.197. The van der Waals surface area contributed by atoms with E-state index in [0.29, 0.717) is 29.0 Å². The Hall–Kier alpha value is -1.61. The van der Waals surface area contributed by atoms with Crippen molar-refractivity contribution in [1.82, 2.24) is 0 Å². The SMILES string of the molecule is Cc1ccc(Cl)cc1C(=O)C1=C(C(=O)O)CCCC1. The lowest BCUT2D eigenvalue weighted by Crippen LogP contribution is -2.16. The van der Waals surface area contributed by atoms with Gasteiger partial charge in [-0.05, 0) is 50.3 Å². The van der Waals surface area contributed by atoms with Gasteiger partial charge in [0.1, 0.15) is 0 Å². The molecule has 0 aliphatic heterocycles. The van der Waals surface area contributed by atoms with Gasteiger partial charge in [0.15, 0.2) is 5.78 Å². The van der Waals surface area contributed by atoms with Crippen LogP contribution < -0.4 is 0 Å². The highest BCUT2D eigenvalue weighted by Crippen LogP contribution is 2.29. The first-order chi connectivity index (χ1) is 9.00. The summed E-state index contributed by atoms with van der Waals surface area (Å²) < 4.78 is 0. The molecule has 0 heterocycles. The third-order valence-corrected chi connectivity index (χ3v) is 3.68. The van der Waals surface area contributed by atoms with Crippen LogP contribution in [0, 0.1) is 6.92 Å². The highest BCUT2D eigenvalue weighted by molar-refractivity contribution is 6.31. The van der Waals surface area contributed by atoms with Crippen molar-refractivity contribution >= 4 is 23.4 Å². The molecular weight excluding hydrogens is 264 g/mol. The first-order valence-electron chi connectivity index (χ1n) is 6.27. The smallest absolute Gasteiger partial charge is 0.331 e. The van der Waals surface area contributed by atoms with Crippen LogP contribution >= 0.6 is 11.6 Å². The second kappa shape index (κ2) is 5.57. The van der Waals surface area contributed by atoms with Crippen molar-refractivity contribution in [2.75, 3.05) is 0 Å². The summed E-state index contributed by atoms with van der Waals surface area (Å²) in [6, 6.07) is 5.11. The Morgan fingerprint density at radius 1 is 1.16 bits per heavy atom. The van der Waals surface area contributed by atoms with E-state index in [1.165, 1.54) is 0 Å². The van der Waals surface area contributed by atoms with E-state index in [1.807, 2.05) is 6.92 Å². The predicted molar refractivity (Wildman–Crippen MR) is 73.6 cm³/mol. The molecule has 0 saturated carbocycles. The number of aliphatic carboxylic acids is 1. The zero-order valence-electron chi connectivity index (χ0n) is 10.7. The number of carboxylic acids is 1. The fourth-order valence-corrected chi connectivity index (χ4v) is 2.57. The Kier molecular flexibility index (Phi) is 4.05. The topological polar surface area (TPSA) is 54.4 Å². The summed E-state index contributed by atoms with van der Waals surface area (Å²) in [6.45, 7) is 1.83. The van der Waals surface area contributed by atoms with Gasteiger partial charge in [0.2, 0.25) is 0 Å². The van der Waals surface area contributed by atoms with Crippen LogP contribution in [0.25, 0.3) is 0 Å². The minimum Gasteiger partial charge on any atom is -0.478 e. The number of aryl methyl sites for hydroxylation is 1. The summed E-state index contributed by atoms with van der Waals surface area (Å²) in [6.07, 6.45) is 2.69. The fourth-order valence-electron chi connectivity index (χ4n) is 2.39. The van der Waals surface area contributed by atoms with Crippen LogP contribution in [0.2, 0.25) is 5.02 Å². The van der Waals surface area contributed by atoms with Gasteiger partial charge in [-0.1, -0.05) is 17.7 Å². The maximum atomic E-state index is 12.5. The van der Waals surface area contributed by atoms with Crippen LogP contribution in [0.1, 0.15) is 41.6 Å². The van der Waals surface area contributed by atoms with Gasteiger partial charge in [0, 0.05) is 21.7 Å². The Labute approximate surface area is 116 Å². The molecule has 0 unspecified atom stereocenters. The zero-order chi connectivity index (χ0) is 14.0. The molecule has 1 aromatic rings. The van der Waals surface area contributed by atoms with E-state index in [0.717, 1.165) is 18.4 Å². The average Bonchev–Trinajstić information content (AvgIpc) is 2.40. The highest BCUT2D eigenvalue weighted by atomic mass is 35.5. The normalized spacial score (nSPS) is 15.5. The summed E-state index contributed by atoms with van der Waals surface area (Å²) in [7, 11) is 0. The lowest BCUT2D eigenvalue weighted by Gasteiger charge is -2.17. The Morgan fingerprint density at radius 3 is 2.42 bits per heavy atom. The van der Waals surface area contributed by atoms with Gasteiger partial charge in [0.05, 0.1) is 0 Å². The highest BCUT2D eigenvalue weighted by Gasteiger charge is 2.25. The molecule has 19 heavy (non-hydrogen) atoms. The van der Waals surface area contributed by atoms with Crippen LogP contribution in [0.15, 0.2) is 29.3 Å². The summed E-state index contributed by atoms with van der Waals surface area (Å²) in [4.78, 5) is 23.7. The summed E-state index contributed by atoms with van der Waals surface area (Å²) >= 11 is 5.91. The standard InChI is InChI=1S/C15H15ClO3/c1-9-6-7-10(16)8-13(9)14(17)11-4-2-3-5-12(11)15(18)19/h6-8H,2-5H2,1H3,(H,18,19). The number of hydrogen-bond donors (Lipinski definition) is 1. The summed E-state index contributed by atoms with van der Waals surface area (Å²) in [5.74, 6) is -1.18. The van der Waals surface area contributed by atoms with Crippen LogP contribution in [0.5, 0.6) is 0 Å². The van der Waals surface area contributed by atoms with Crippen molar-refractivity contribution in [1.29, 1.82) is 0 Å². The van der Waals surface area contributed by atoms with Crippen LogP contribution in [-0.4, -0.2) is 16.9 Å².